The highest BCUT2D eigenvalue weighted by Crippen LogP contribution is 2.43. The Hall–Kier alpha value is -2.02. The molecule has 1 nitrogen and oxygen atoms in total. The predicted octanol–water partition coefficient (Wildman–Crippen LogP) is 5.20. The van der Waals surface area contributed by atoms with Gasteiger partial charge in [-0.2, -0.15) is 0 Å². The van der Waals surface area contributed by atoms with Crippen molar-refractivity contribution in [2.75, 3.05) is 0 Å². The van der Waals surface area contributed by atoms with E-state index >= 15 is 0 Å². The maximum absolute atomic E-state index is 3.84. The van der Waals surface area contributed by atoms with Crippen LogP contribution in [0, 0.1) is 5.41 Å². The molecule has 1 rings (SSSR count). The fourth-order valence-electron chi connectivity index (χ4n) is 2.53. The van der Waals surface area contributed by atoms with E-state index in [9.17, 15) is 0 Å². The number of rotatable bonds is 4. The average Bonchev–Trinajstić information content (AvgIpc) is 2.39. The molecule has 0 spiro atoms. The molecule has 0 fully saturated rings. The van der Waals surface area contributed by atoms with E-state index in [0.29, 0.717) is 0 Å². The van der Waals surface area contributed by atoms with E-state index in [1.165, 1.54) is 11.1 Å². The Labute approximate surface area is 123 Å². The lowest BCUT2D eigenvalue weighted by molar-refractivity contribution is 0.525. The van der Waals surface area contributed by atoms with Gasteiger partial charge in [-0.1, -0.05) is 63.5 Å². The third-order valence-corrected chi connectivity index (χ3v) is 3.43. The third-order valence-electron chi connectivity index (χ3n) is 3.43. The van der Waals surface area contributed by atoms with E-state index in [1.807, 2.05) is 32.1 Å². The van der Waals surface area contributed by atoms with Gasteiger partial charge in [0.1, 0.15) is 0 Å². The Morgan fingerprint density at radius 1 is 0.950 bits per heavy atom. The van der Waals surface area contributed by atoms with Crippen molar-refractivity contribution >= 4 is 0 Å². The van der Waals surface area contributed by atoms with Crippen LogP contribution in [0.15, 0.2) is 84.3 Å². The predicted molar refractivity (Wildman–Crippen MR) is 90.1 cm³/mol. The summed E-state index contributed by atoms with van der Waals surface area (Å²) in [5.74, 6) is 0. The number of hydrogen-bond donors (Lipinski definition) is 1. The first-order chi connectivity index (χ1) is 9.52. The highest BCUT2D eigenvalue weighted by atomic mass is 14.9. The smallest absolute Gasteiger partial charge is 0.0425 e. The second-order valence-electron chi connectivity index (χ2n) is 5.21. The van der Waals surface area contributed by atoms with Crippen molar-refractivity contribution in [3.8, 4) is 0 Å². The molecular formula is C19H25N. The van der Waals surface area contributed by atoms with Crippen molar-refractivity contribution in [2.45, 2.75) is 27.7 Å². The third kappa shape index (κ3) is 3.11. The molecule has 1 aliphatic rings. The topological polar surface area (TPSA) is 12.0 Å². The lowest BCUT2D eigenvalue weighted by Crippen LogP contribution is -2.32. The van der Waals surface area contributed by atoms with Crippen LogP contribution in [-0.2, 0) is 0 Å². The largest absolute Gasteiger partial charge is 0.355 e. The van der Waals surface area contributed by atoms with Gasteiger partial charge < -0.3 is 5.32 Å². The maximum atomic E-state index is 3.84. The van der Waals surface area contributed by atoms with Crippen LogP contribution in [0.3, 0.4) is 0 Å². The summed E-state index contributed by atoms with van der Waals surface area (Å²) in [5.41, 5.74) is 4.60. The zero-order chi connectivity index (χ0) is 15.2. The molecule has 0 unspecified atom stereocenters. The summed E-state index contributed by atoms with van der Waals surface area (Å²) in [6.07, 6.45) is 16.1. The van der Waals surface area contributed by atoms with Crippen molar-refractivity contribution in [1.29, 1.82) is 0 Å². The maximum Gasteiger partial charge on any atom is 0.0425 e. The molecule has 0 aromatic carbocycles. The standard InChI is InChI=1S/C19H25N/c1-7-11-15-17(13-9-3)20-18(14-10-4)16(12-8-2)19(15,5)6/h7-14,20H,1,3H2,2,4-6H3/b12-8-,14-10-,15-11+,17-13+. The molecule has 0 amide bonds. The van der Waals surface area contributed by atoms with E-state index < -0.39 is 0 Å². The molecule has 20 heavy (non-hydrogen) atoms. The first-order valence-electron chi connectivity index (χ1n) is 6.96. The van der Waals surface area contributed by atoms with Gasteiger partial charge in [-0.05, 0) is 37.1 Å². The van der Waals surface area contributed by atoms with Crippen LogP contribution in [0.4, 0.5) is 0 Å². The van der Waals surface area contributed by atoms with E-state index in [0.717, 1.165) is 11.4 Å². The summed E-state index contributed by atoms with van der Waals surface area (Å²) in [7, 11) is 0. The van der Waals surface area contributed by atoms with Crippen molar-refractivity contribution < 1.29 is 0 Å². The summed E-state index contributed by atoms with van der Waals surface area (Å²) < 4.78 is 0. The molecule has 0 saturated heterocycles. The highest BCUT2D eigenvalue weighted by Gasteiger charge is 2.34. The fourth-order valence-corrected chi connectivity index (χ4v) is 2.53. The first kappa shape index (κ1) is 16.0. The molecule has 0 aromatic rings. The number of hydrogen-bond acceptors (Lipinski definition) is 1. The molecule has 0 saturated carbocycles. The van der Waals surface area contributed by atoms with Crippen LogP contribution in [-0.4, -0.2) is 0 Å². The Balaban J connectivity index is 3.61. The van der Waals surface area contributed by atoms with Crippen LogP contribution in [0.5, 0.6) is 0 Å². The molecule has 1 heteroatoms. The minimum absolute atomic E-state index is 0.0877. The number of allylic oxidation sites excluding steroid dienone is 10. The zero-order valence-corrected chi connectivity index (χ0v) is 13.0. The quantitative estimate of drug-likeness (QED) is 0.737. The molecule has 0 bridgehead atoms. The second-order valence-corrected chi connectivity index (χ2v) is 5.21. The van der Waals surface area contributed by atoms with Crippen molar-refractivity contribution in [3.63, 3.8) is 0 Å². The second kappa shape index (κ2) is 6.95. The summed E-state index contributed by atoms with van der Waals surface area (Å²) in [4.78, 5) is 0. The first-order valence-corrected chi connectivity index (χ1v) is 6.96. The molecule has 0 radical (unpaired) electrons. The van der Waals surface area contributed by atoms with Gasteiger partial charge in [-0.3, -0.25) is 0 Å². The Bertz CT molecular complexity index is 534. The van der Waals surface area contributed by atoms with Gasteiger partial charge in [0.05, 0.1) is 0 Å². The van der Waals surface area contributed by atoms with Gasteiger partial charge in [0.15, 0.2) is 0 Å². The SMILES string of the molecule is C=C/C=C1\C(=C/C=C)NC(/C=C\C)=C(/C=C\C)C1(C)C. The molecule has 1 heterocycles. The van der Waals surface area contributed by atoms with E-state index in [2.05, 4.69) is 62.7 Å². The van der Waals surface area contributed by atoms with Crippen LogP contribution < -0.4 is 5.32 Å². The Kier molecular flexibility index (Phi) is 5.57. The van der Waals surface area contributed by atoms with Crippen molar-refractivity contribution in [3.05, 3.63) is 84.3 Å². The molecule has 0 atom stereocenters. The van der Waals surface area contributed by atoms with E-state index in [1.54, 1.807) is 0 Å². The van der Waals surface area contributed by atoms with Crippen LogP contribution in [0.25, 0.3) is 0 Å². The molecule has 0 aromatic heterocycles. The number of nitrogens with one attached hydrogen (secondary N) is 1. The van der Waals surface area contributed by atoms with Gasteiger partial charge in [-0.25, -0.2) is 0 Å². The van der Waals surface area contributed by atoms with Crippen LogP contribution in [0.1, 0.15) is 27.7 Å². The van der Waals surface area contributed by atoms with E-state index in [4.69, 9.17) is 0 Å². The molecule has 1 aliphatic heterocycles. The Morgan fingerprint density at radius 2 is 1.55 bits per heavy atom. The van der Waals surface area contributed by atoms with Gasteiger partial charge in [0.2, 0.25) is 0 Å². The summed E-state index contributed by atoms with van der Waals surface area (Å²) in [6, 6.07) is 0. The molecular weight excluding hydrogens is 242 g/mol. The summed E-state index contributed by atoms with van der Waals surface area (Å²) in [5, 5.41) is 3.50. The van der Waals surface area contributed by atoms with Gasteiger partial charge >= 0.3 is 0 Å². The summed E-state index contributed by atoms with van der Waals surface area (Å²) >= 11 is 0. The lowest BCUT2D eigenvalue weighted by atomic mass is 9.72. The summed E-state index contributed by atoms with van der Waals surface area (Å²) in [6.45, 7) is 16.2. The zero-order valence-electron chi connectivity index (χ0n) is 13.0. The average molecular weight is 267 g/mol. The van der Waals surface area contributed by atoms with Gasteiger partial charge in [0, 0.05) is 16.8 Å². The van der Waals surface area contributed by atoms with E-state index in [-0.39, 0.29) is 5.41 Å². The minimum Gasteiger partial charge on any atom is -0.355 e. The van der Waals surface area contributed by atoms with Gasteiger partial charge in [0.25, 0.3) is 0 Å². The van der Waals surface area contributed by atoms with Crippen LogP contribution in [0.2, 0.25) is 0 Å². The highest BCUT2D eigenvalue weighted by molar-refractivity contribution is 5.55. The monoisotopic (exact) mass is 267 g/mol. The van der Waals surface area contributed by atoms with Crippen molar-refractivity contribution in [1.82, 2.24) is 5.32 Å². The minimum atomic E-state index is -0.0877. The Morgan fingerprint density at radius 3 is 2.05 bits per heavy atom. The van der Waals surface area contributed by atoms with Crippen molar-refractivity contribution in [2.24, 2.45) is 5.41 Å². The normalized spacial score (nSPS) is 22.8. The van der Waals surface area contributed by atoms with Gasteiger partial charge in [-0.15, -0.1) is 0 Å². The van der Waals surface area contributed by atoms with Crippen LogP contribution >= 0.6 is 0 Å². The molecule has 0 aliphatic carbocycles. The molecule has 106 valence electrons. The fraction of sp³-hybridized carbons (Fsp3) is 0.263. The molecule has 1 N–H and O–H groups in total. The lowest BCUT2D eigenvalue weighted by Gasteiger charge is -2.38.